The lowest BCUT2D eigenvalue weighted by atomic mass is 9.68. The number of hydrogen-bond acceptors (Lipinski definition) is 5. The predicted molar refractivity (Wildman–Crippen MR) is 108 cm³/mol. The average molecular weight is 394 g/mol. The van der Waals surface area contributed by atoms with E-state index in [2.05, 4.69) is 17.2 Å². The van der Waals surface area contributed by atoms with Crippen LogP contribution >= 0.6 is 0 Å². The number of carbonyl (C=O) groups excluding carboxylic acids is 1. The molecule has 0 bridgehead atoms. The minimum Gasteiger partial charge on any atom is -0.444 e. The molecule has 0 aromatic heterocycles. The normalized spacial score (nSPS) is 26.0. The van der Waals surface area contributed by atoms with Crippen molar-refractivity contribution < 1.29 is 24.1 Å². The van der Waals surface area contributed by atoms with Gasteiger partial charge in [-0.15, -0.1) is 18.8 Å². The molecule has 0 saturated heterocycles. The Bertz CT molecular complexity index is 571. The van der Waals surface area contributed by atoms with Crippen LogP contribution in [0.25, 0.3) is 0 Å². The standard InChI is InChI=1S/C22H35NO5/c1-7-11-17(24)12-9-14-22(23-20(25)28-21(3,4)5)15-10-13-19(18(22)8-2)27-16-26-6/h1-2,17-19,24H,9-16H2,3-6H3,(H,23,25)/t17-,18+,19-,22+/m0/s1. The highest BCUT2D eigenvalue weighted by Gasteiger charge is 2.47. The molecule has 28 heavy (non-hydrogen) atoms. The van der Waals surface area contributed by atoms with Crippen LogP contribution in [-0.4, -0.2) is 48.5 Å². The lowest BCUT2D eigenvalue weighted by Crippen LogP contribution is -2.59. The van der Waals surface area contributed by atoms with Crippen molar-refractivity contribution in [3.63, 3.8) is 0 Å². The lowest BCUT2D eigenvalue weighted by Gasteiger charge is -2.46. The fourth-order valence-corrected chi connectivity index (χ4v) is 3.78. The first-order chi connectivity index (χ1) is 13.2. The van der Waals surface area contributed by atoms with Gasteiger partial charge in [0.15, 0.2) is 0 Å². The van der Waals surface area contributed by atoms with Crippen LogP contribution in [0.1, 0.15) is 65.7 Å². The maximum Gasteiger partial charge on any atom is 0.408 e. The Hall–Kier alpha value is -1.73. The van der Waals surface area contributed by atoms with Gasteiger partial charge in [-0.1, -0.05) is 5.92 Å². The first-order valence-corrected chi connectivity index (χ1v) is 9.87. The molecule has 0 heterocycles. The molecule has 6 nitrogen and oxygen atoms in total. The first-order valence-electron chi connectivity index (χ1n) is 9.87. The second-order valence-corrected chi connectivity index (χ2v) is 8.39. The minimum absolute atomic E-state index is 0.145. The van der Waals surface area contributed by atoms with Crippen molar-refractivity contribution in [3.8, 4) is 24.7 Å². The Balaban J connectivity index is 2.99. The Kier molecular flexibility index (Phi) is 9.82. The van der Waals surface area contributed by atoms with Crippen LogP contribution in [0.3, 0.4) is 0 Å². The van der Waals surface area contributed by atoms with E-state index in [-0.39, 0.29) is 18.8 Å². The molecule has 0 spiro atoms. The van der Waals surface area contributed by atoms with Crippen molar-refractivity contribution in [3.05, 3.63) is 0 Å². The van der Waals surface area contributed by atoms with Crippen molar-refractivity contribution in [2.75, 3.05) is 13.9 Å². The number of aliphatic hydroxyl groups excluding tert-OH is 1. The predicted octanol–water partition coefficient (Wildman–Crippen LogP) is 3.23. The van der Waals surface area contributed by atoms with Gasteiger partial charge in [-0.3, -0.25) is 0 Å². The van der Waals surface area contributed by atoms with E-state index in [1.54, 1.807) is 7.11 Å². The Labute approximate surface area is 169 Å². The molecule has 4 atom stereocenters. The number of methoxy groups -OCH3 is 1. The molecular formula is C22H35NO5. The number of alkyl carbamates (subject to hydrolysis) is 1. The molecule has 1 aliphatic carbocycles. The Morgan fingerprint density at radius 1 is 1.39 bits per heavy atom. The highest BCUT2D eigenvalue weighted by atomic mass is 16.7. The van der Waals surface area contributed by atoms with Gasteiger partial charge in [-0.25, -0.2) is 4.79 Å². The second kappa shape index (κ2) is 11.3. The Morgan fingerprint density at radius 2 is 2.11 bits per heavy atom. The highest BCUT2D eigenvalue weighted by Crippen LogP contribution is 2.39. The van der Waals surface area contributed by atoms with Crippen LogP contribution in [-0.2, 0) is 14.2 Å². The van der Waals surface area contributed by atoms with Gasteiger partial charge in [0, 0.05) is 13.5 Å². The molecule has 0 aliphatic heterocycles. The van der Waals surface area contributed by atoms with Crippen LogP contribution in [0.4, 0.5) is 4.79 Å². The number of nitrogens with one attached hydrogen (secondary N) is 1. The number of rotatable bonds is 9. The third-order valence-corrected chi connectivity index (χ3v) is 4.92. The van der Waals surface area contributed by atoms with Gasteiger partial charge in [0.2, 0.25) is 0 Å². The van der Waals surface area contributed by atoms with Crippen molar-refractivity contribution >= 4 is 6.09 Å². The number of carbonyl (C=O) groups is 1. The van der Waals surface area contributed by atoms with E-state index in [9.17, 15) is 9.90 Å². The van der Waals surface area contributed by atoms with E-state index in [4.69, 9.17) is 27.1 Å². The van der Waals surface area contributed by atoms with Gasteiger partial charge in [0.05, 0.1) is 23.7 Å². The molecule has 1 aliphatic rings. The van der Waals surface area contributed by atoms with E-state index >= 15 is 0 Å². The summed E-state index contributed by atoms with van der Waals surface area (Å²) in [6.45, 7) is 5.60. The topological polar surface area (TPSA) is 77.0 Å². The minimum atomic E-state index is -0.663. The van der Waals surface area contributed by atoms with Crippen LogP contribution in [0, 0.1) is 30.6 Å². The third kappa shape index (κ3) is 7.72. The SMILES string of the molecule is C#CC[C@H](O)CCC[C@@]1(NC(=O)OC(C)(C)C)CCC[C@H](OCOC)[C@H]1C#C. The molecule has 1 fully saturated rings. The second-order valence-electron chi connectivity index (χ2n) is 8.39. The monoisotopic (exact) mass is 393 g/mol. The summed E-state index contributed by atoms with van der Waals surface area (Å²) < 4.78 is 16.3. The van der Waals surface area contributed by atoms with E-state index in [1.165, 1.54) is 0 Å². The van der Waals surface area contributed by atoms with E-state index in [0.29, 0.717) is 25.7 Å². The molecule has 158 valence electrons. The fraction of sp³-hybridized carbons (Fsp3) is 0.773. The van der Waals surface area contributed by atoms with Crippen molar-refractivity contribution in [1.82, 2.24) is 5.32 Å². The maximum absolute atomic E-state index is 12.6. The summed E-state index contributed by atoms with van der Waals surface area (Å²) in [6.07, 6.45) is 14.4. The number of ether oxygens (including phenoxy) is 3. The van der Waals surface area contributed by atoms with Crippen LogP contribution < -0.4 is 5.32 Å². The number of terminal acetylenes is 2. The fourth-order valence-electron chi connectivity index (χ4n) is 3.78. The molecule has 2 N–H and O–H groups in total. The summed E-state index contributed by atoms with van der Waals surface area (Å²) in [7, 11) is 1.56. The summed E-state index contributed by atoms with van der Waals surface area (Å²) >= 11 is 0. The Morgan fingerprint density at radius 3 is 2.68 bits per heavy atom. The molecule has 6 heteroatoms. The zero-order valence-electron chi connectivity index (χ0n) is 17.6. The third-order valence-electron chi connectivity index (χ3n) is 4.92. The molecular weight excluding hydrogens is 358 g/mol. The van der Waals surface area contributed by atoms with Crippen molar-refractivity contribution in [2.45, 2.75) is 89.1 Å². The van der Waals surface area contributed by atoms with Gasteiger partial charge in [-0.05, 0) is 59.3 Å². The van der Waals surface area contributed by atoms with Gasteiger partial charge in [0.25, 0.3) is 0 Å². The quantitative estimate of drug-likeness (QED) is 0.465. The zero-order valence-corrected chi connectivity index (χ0v) is 17.6. The van der Waals surface area contributed by atoms with E-state index in [0.717, 1.165) is 19.3 Å². The van der Waals surface area contributed by atoms with Crippen LogP contribution in [0.5, 0.6) is 0 Å². The molecule has 0 aromatic carbocycles. The summed E-state index contributed by atoms with van der Waals surface area (Å²) in [5.41, 5.74) is -1.27. The summed E-state index contributed by atoms with van der Waals surface area (Å²) in [5.74, 6) is 4.98. The molecule has 1 saturated carbocycles. The first kappa shape index (κ1) is 24.3. The zero-order chi connectivity index (χ0) is 21.2. The van der Waals surface area contributed by atoms with E-state index in [1.807, 2.05) is 20.8 Å². The lowest BCUT2D eigenvalue weighted by molar-refractivity contribution is -0.110. The average Bonchev–Trinajstić information content (AvgIpc) is 2.58. The maximum atomic E-state index is 12.6. The molecule has 1 amide bonds. The van der Waals surface area contributed by atoms with Gasteiger partial charge < -0.3 is 24.6 Å². The molecule has 0 unspecified atom stereocenters. The molecule has 0 aromatic rings. The van der Waals surface area contributed by atoms with Crippen LogP contribution in [0.2, 0.25) is 0 Å². The van der Waals surface area contributed by atoms with Crippen molar-refractivity contribution in [1.29, 1.82) is 0 Å². The largest absolute Gasteiger partial charge is 0.444 e. The van der Waals surface area contributed by atoms with Gasteiger partial charge in [0.1, 0.15) is 12.4 Å². The van der Waals surface area contributed by atoms with E-state index < -0.39 is 23.3 Å². The number of hydrogen-bond donors (Lipinski definition) is 2. The van der Waals surface area contributed by atoms with Gasteiger partial charge >= 0.3 is 6.09 Å². The molecule has 1 rings (SSSR count). The summed E-state index contributed by atoms with van der Waals surface area (Å²) in [6, 6.07) is 0. The smallest absolute Gasteiger partial charge is 0.408 e. The van der Waals surface area contributed by atoms with Crippen LogP contribution in [0.15, 0.2) is 0 Å². The molecule has 0 radical (unpaired) electrons. The number of amides is 1. The summed E-state index contributed by atoms with van der Waals surface area (Å²) in [5, 5.41) is 13.0. The van der Waals surface area contributed by atoms with Gasteiger partial charge in [-0.2, -0.15) is 0 Å². The number of aliphatic hydroxyl groups is 1. The van der Waals surface area contributed by atoms with Crippen molar-refractivity contribution in [2.24, 2.45) is 5.92 Å². The summed E-state index contributed by atoms with van der Waals surface area (Å²) in [4.78, 5) is 12.6. The highest BCUT2D eigenvalue weighted by molar-refractivity contribution is 5.69.